The average molecular weight is 396 g/mol. The van der Waals surface area contributed by atoms with Gasteiger partial charge in [0.1, 0.15) is 0 Å². The van der Waals surface area contributed by atoms with Crippen LogP contribution in [0.1, 0.15) is 37.0 Å². The molecule has 27 heavy (non-hydrogen) atoms. The van der Waals surface area contributed by atoms with Crippen LogP contribution in [0.2, 0.25) is 0 Å². The Morgan fingerprint density at radius 3 is 2.37 bits per heavy atom. The van der Waals surface area contributed by atoms with Gasteiger partial charge < -0.3 is 14.5 Å². The third kappa shape index (κ3) is 4.80. The molecule has 0 saturated carbocycles. The summed E-state index contributed by atoms with van der Waals surface area (Å²) in [5, 5.41) is -0.428. The number of morpholine rings is 1. The largest absolute Gasteiger partial charge is 0.378 e. The topological polar surface area (TPSA) is 79.0 Å². The highest BCUT2D eigenvalue weighted by Crippen LogP contribution is 2.26. The van der Waals surface area contributed by atoms with Crippen LogP contribution in [-0.2, 0) is 14.8 Å². The van der Waals surface area contributed by atoms with Gasteiger partial charge in [-0.05, 0) is 38.8 Å². The van der Waals surface area contributed by atoms with Crippen molar-refractivity contribution in [3.05, 3.63) is 29.8 Å². The van der Waals surface area contributed by atoms with E-state index in [1.54, 1.807) is 13.8 Å². The summed E-state index contributed by atoms with van der Waals surface area (Å²) in [6, 6.07) is 7.64. The maximum absolute atomic E-state index is 12.9. The van der Waals surface area contributed by atoms with Gasteiger partial charge in [-0.25, -0.2) is 13.1 Å². The summed E-state index contributed by atoms with van der Waals surface area (Å²) in [4.78, 5) is 17.0. The Morgan fingerprint density at radius 1 is 1.11 bits per heavy atom. The Kier molecular flexibility index (Phi) is 6.39. The van der Waals surface area contributed by atoms with Crippen LogP contribution >= 0.6 is 0 Å². The SMILES string of the molecule is CC(C)S(=O)(=O)NC1CCN(c2ccccc2C(=O)N2CCOCC2)CC1. The number of hydrogen-bond acceptors (Lipinski definition) is 5. The smallest absolute Gasteiger partial charge is 0.256 e. The molecule has 7 nitrogen and oxygen atoms in total. The fourth-order valence-electron chi connectivity index (χ4n) is 3.47. The zero-order valence-electron chi connectivity index (χ0n) is 16.1. The summed E-state index contributed by atoms with van der Waals surface area (Å²) in [6.07, 6.45) is 1.46. The first-order chi connectivity index (χ1) is 12.9. The summed E-state index contributed by atoms with van der Waals surface area (Å²) in [6.45, 7) is 7.20. The molecule has 0 spiro atoms. The van der Waals surface area contributed by atoms with E-state index in [4.69, 9.17) is 4.74 Å². The minimum absolute atomic E-state index is 0.0385. The highest BCUT2D eigenvalue weighted by Gasteiger charge is 2.28. The van der Waals surface area contributed by atoms with E-state index in [-0.39, 0.29) is 11.9 Å². The average Bonchev–Trinajstić information content (AvgIpc) is 2.68. The second-order valence-corrected chi connectivity index (χ2v) is 9.66. The maximum atomic E-state index is 12.9. The van der Waals surface area contributed by atoms with Crippen molar-refractivity contribution >= 4 is 21.6 Å². The van der Waals surface area contributed by atoms with Crippen LogP contribution in [0.3, 0.4) is 0 Å². The highest BCUT2D eigenvalue weighted by atomic mass is 32.2. The molecule has 2 saturated heterocycles. The van der Waals surface area contributed by atoms with Gasteiger partial charge in [0, 0.05) is 37.9 Å². The molecule has 8 heteroatoms. The molecule has 0 radical (unpaired) electrons. The third-order valence-electron chi connectivity index (χ3n) is 5.22. The van der Waals surface area contributed by atoms with Crippen LogP contribution < -0.4 is 9.62 Å². The van der Waals surface area contributed by atoms with E-state index in [0.29, 0.717) is 31.9 Å². The molecule has 150 valence electrons. The molecule has 0 aromatic heterocycles. The van der Waals surface area contributed by atoms with Crippen molar-refractivity contribution in [2.75, 3.05) is 44.3 Å². The molecule has 3 rings (SSSR count). The summed E-state index contributed by atoms with van der Waals surface area (Å²) in [7, 11) is -3.26. The molecule has 0 aliphatic carbocycles. The first kappa shape index (κ1) is 20.1. The van der Waals surface area contributed by atoms with Gasteiger partial charge >= 0.3 is 0 Å². The van der Waals surface area contributed by atoms with Gasteiger partial charge in [0.2, 0.25) is 10.0 Å². The number of benzene rings is 1. The summed E-state index contributed by atoms with van der Waals surface area (Å²) in [5.41, 5.74) is 1.64. The maximum Gasteiger partial charge on any atom is 0.256 e. The number of ether oxygens (including phenoxy) is 1. The van der Waals surface area contributed by atoms with E-state index in [9.17, 15) is 13.2 Å². The number of amides is 1. The number of hydrogen-bond donors (Lipinski definition) is 1. The van der Waals surface area contributed by atoms with E-state index >= 15 is 0 Å². The molecule has 0 unspecified atom stereocenters. The number of nitrogens with zero attached hydrogens (tertiary/aromatic N) is 2. The molecule has 0 bridgehead atoms. The molecule has 1 N–H and O–H groups in total. The van der Waals surface area contributed by atoms with E-state index in [1.165, 1.54) is 0 Å². The zero-order valence-corrected chi connectivity index (χ0v) is 16.9. The van der Waals surface area contributed by atoms with Crippen LogP contribution in [0.15, 0.2) is 24.3 Å². The van der Waals surface area contributed by atoms with E-state index in [1.807, 2.05) is 29.2 Å². The summed E-state index contributed by atoms with van der Waals surface area (Å²) in [5.74, 6) is 0.0385. The fourth-order valence-corrected chi connectivity index (χ4v) is 4.45. The number of piperidine rings is 1. The number of rotatable bonds is 5. The fraction of sp³-hybridized carbons (Fsp3) is 0.632. The van der Waals surface area contributed by atoms with Crippen molar-refractivity contribution in [3.8, 4) is 0 Å². The normalized spacial score (nSPS) is 19.5. The summed E-state index contributed by atoms with van der Waals surface area (Å²) >= 11 is 0. The van der Waals surface area contributed by atoms with Crippen molar-refractivity contribution < 1.29 is 17.9 Å². The van der Waals surface area contributed by atoms with Crippen molar-refractivity contribution in [1.29, 1.82) is 0 Å². The van der Waals surface area contributed by atoms with E-state index in [0.717, 1.165) is 31.6 Å². The molecular weight excluding hydrogens is 366 g/mol. The number of para-hydroxylation sites is 1. The van der Waals surface area contributed by atoms with Crippen LogP contribution in [0.5, 0.6) is 0 Å². The Bertz CT molecular complexity index is 752. The van der Waals surface area contributed by atoms with Gasteiger partial charge in [-0.2, -0.15) is 0 Å². The van der Waals surface area contributed by atoms with Crippen LogP contribution in [0.4, 0.5) is 5.69 Å². The van der Waals surface area contributed by atoms with Crippen molar-refractivity contribution in [2.45, 2.75) is 38.0 Å². The molecule has 2 aliphatic heterocycles. The molecule has 2 aliphatic rings. The molecule has 1 amide bonds. The molecule has 2 heterocycles. The first-order valence-electron chi connectivity index (χ1n) is 9.60. The van der Waals surface area contributed by atoms with Gasteiger partial charge in [0.15, 0.2) is 0 Å². The van der Waals surface area contributed by atoms with Crippen LogP contribution in [-0.4, -0.2) is 69.9 Å². The van der Waals surface area contributed by atoms with Crippen molar-refractivity contribution in [2.24, 2.45) is 0 Å². The lowest BCUT2D eigenvalue weighted by molar-refractivity contribution is 0.0303. The zero-order chi connectivity index (χ0) is 19.4. The third-order valence-corrected chi connectivity index (χ3v) is 7.12. The number of anilines is 1. The lowest BCUT2D eigenvalue weighted by Crippen LogP contribution is -2.47. The number of carbonyl (C=O) groups excluding carboxylic acids is 1. The first-order valence-corrected chi connectivity index (χ1v) is 11.2. The van der Waals surface area contributed by atoms with Gasteiger partial charge in [0.25, 0.3) is 5.91 Å². The van der Waals surface area contributed by atoms with E-state index < -0.39 is 15.3 Å². The van der Waals surface area contributed by atoms with Crippen LogP contribution in [0.25, 0.3) is 0 Å². The quantitative estimate of drug-likeness (QED) is 0.817. The van der Waals surface area contributed by atoms with Crippen LogP contribution in [0, 0.1) is 0 Å². The van der Waals surface area contributed by atoms with Crippen molar-refractivity contribution in [3.63, 3.8) is 0 Å². The number of carbonyl (C=O) groups is 1. The highest BCUT2D eigenvalue weighted by molar-refractivity contribution is 7.90. The standard InChI is InChI=1S/C19H29N3O4S/c1-15(2)27(24,25)20-16-7-9-21(10-8-16)18-6-4-3-5-17(18)19(23)22-11-13-26-14-12-22/h3-6,15-16,20H,7-14H2,1-2H3. The number of sulfonamides is 1. The van der Waals surface area contributed by atoms with Gasteiger partial charge in [-0.15, -0.1) is 0 Å². The number of nitrogens with one attached hydrogen (secondary N) is 1. The molecule has 1 aromatic rings. The minimum atomic E-state index is -3.26. The Balaban J connectivity index is 1.67. The molecule has 0 atom stereocenters. The van der Waals surface area contributed by atoms with E-state index in [2.05, 4.69) is 9.62 Å². The molecule has 2 fully saturated rings. The van der Waals surface area contributed by atoms with Crippen molar-refractivity contribution in [1.82, 2.24) is 9.62 Å². The van der Waals surface area contributed by atoms with Gasteiger partial charge in [0.05, 0.1) is 24.0 Å². The Hall–Kier alpha value is -1.64. The predicted molar refractivity (Wildman–Crippen MR) is 106 cm³/mol. The van der Waals surface area contributed by atoms with Gasteiger partial charge in [-0.3, -0.25) is 4.79 Å². The predicted octanol–water partition coefficient (Wildman–Crippen LogP) is 1.46. The lowest BCUT2D eigenvalue weighted by atomic mass is 10.0. The Morgan fingerprint density at radius 2 is 1.74 bits per heavy atom. The molecule has 1 aromatic carbocycles. The van der Waals surface area contributed by atoms with Gasteiger partial charge in [-0.1, -0.05) is 12.1 Å². The Labute approximate surface area is 161 Å². The molecular formula is C19H29N3O4S. The summed E-state index contributed by atoms with van der Waals surface area (Å²) < 4.78 is 32.3. The second-order valence-electron chi connectivity index (χ2n) is 7.39. The minimum Gasteiger partial charge on any atom is -0.378 e. The monoisotopic (exact) mass is 395 g/mol. The lowest BCUT2D eigenvalue weighted by Gasteiger charge is -2.36. The second kappa shape index (κ2) is 8.58.